The van der Waals surface area contributed by atoms with Gasteiger partial charge in [-0.25, -0.2) is 0 Å². The Morgan fingerprint density at radius 1 is 1.08 bits per heavy atom. The SMILES string of the molecule is Cc1ccc(C(N)C(=O)NCCCC(=O)Nc2ccc(Cl)cc2)cc1.Cl. The highest BCUT2D eigenvalue weighted by Crippen LogP contribution is 2.14. The summed E-state index contributed by atoms with van der Waals surface area (Å²) >= 11 is 5.79. The van der Waals surface area contributed by atoms with E-state index in [4.69, 9.17) is 17.3 Å². The maximum atomic E-state index is 12.0. The first-order valence-electron chi connectivity index (χ1n) is 8.11. The van der Waals surface area contributed by atoms with Crippen molar-refractivity contribution >= 4 is 41.5 Å². The number of halogens is 2. The van der Waals surface area contributed by atoms with Gasteiger partial charge in [0.05, 0.1) is 0 Å². The molecule has 5 nitrogen and oxygen atoms in total. The van der Waals surface area contributed by atoms with Gasteiger partial charge in [-0.1, -0.05) is 41.4 Å². The third-order valence-electron chi connectivity index (χ3n) is 3.73. The van der Waals surface area contributed by atoms with Crippen molar-refractivity contribution in [1.82, 2.24) is 5.32 Å². The summed E-state index contributed by atoms with van der Waals surface area (Å²) in [5, 5.41) is 6.15. The first kappa shape index (κ1) is 22.0. The summed E-state index contributed by atoms with van der Waals surface area (Å²) in [7, 11) is 0. The molecule has 0 aromatic heterocycles. The Morgan fingerprint density at radius 3 is 2.31 bits per heavy atom. The third kappa shape index (κ3) is 7.04. The maximum absolute atomic E-state index is 12.0. The second-order valence-electron chi connectivity index (χ2n) is 5.84. The van der Waals surface area contributed by atoms with Crippen LogP contribution in [0.1, 0.15) is 30.0 Å². The number of benzene rings is 2. The van der Waals surface area contributed by atoms with Crippen molar-refractivity contribution in [3.63, 3.8) is 0 Å². The smallest absolute Gasteiger partial charge is 0.241 e. The average Bonchev–Trinajstić information content (AvgIpc) is 2.60. The summed E-state index contributed by atoms with van der Waals surface area (Å²) in [6.07, 6.45) is 0.842. The van der Waals surface area contributed by atoms with Gasteiger partial charge < -0.3 is 16.4 Å². The molecule has 0 spiro atoms. The Kier molecular flexibility index (Phi) is 9.13. The first-order chi connectivity index (χ1) is 12.0. The van der Waals surface area contributed by atoms with Crippen LogP contribution in [0.3, 0.4) is 0 Å². The molecule has 2 aromatic carbocycles. The van der Waals surface area contributed by atoms with Crippen LogP contribution in [0.25, 0.3) is 0 Å². The molecule has 26 heavy (non-hydrogen) atoms. The Hall–Kier alpha value is -2.08. The van der Waals surface area contributed by atoms with Crippen molar-refractivity contribution in [3.05, 3.63) is 64.7 Å². The topological polar surface area (TPSA) is 84.2 Å². The first-order valence-corrected chi connectivity index (χ1v) is 8.49. The molecule has 0 saturated heterocycles. The molecule has 140 valence electrons. The number of carbonyl (C=O) groups is 2. The number of aryl methyl sites for hydroxylation is 1. The molecule has 0 aliphatic carbocycles. The molecule has 0 fully saturated rings. The van der Waals surface area contributed by atoms with E-state index in [1.807, 2.05) is 31.2 Å². The van der Waals surface area contributed by atoms with E-state index < -0.39 is 6.04 Å². The highest BCUT2D eigenvalue weighted by molar-refractivity contribution is 6.30. The van der Waals surface area contributed by atoms with Crippen LogP contribution < -0.4 is 16.4 Å². The fourth-order valence-corrected chi connectivity index (χ4v) is 2.38. The Labute approximate surface area is 164 Å². The molecular weight excluding hydrogens is 373 g/mol. The molecule has 2 rings (SSSR count). The van der Waals surface area contributed by atoms with E-state index in [-0.39, 0.29) is 24.2 Å². The van der Waals surface area contributed by atoms with E-state index in [0.29, 0.717) is 30.1 Å². The molecule has 4 N–H and O–H groups in total. The molecule has 0 heterocycles. The third-order valence-corrected chi connectivity index (χ3v) is 3.98. The summed E-state index contributed by atoms with van der Waals surface area (Å²) in [6, 6.07) is 13.7. The number of carbonyl (C=O) groups excluding carboxylic acids is 2. The van der Waals surface area contributed by atoms with Crippen molar-refractivity contribution in [3.8, 4) is 0 Å². The highest BCUT2D eigenvalue weighted by Gasteiger charge is 2.15. The Bertz CT molecular complexity index is 719. The van der Waals surface area contributed by atoms with Crippen molar-refractivity contribution in [2.45, 2.75) is 25.8 Å². The van der Waals surface area contributed by atoms with E-state index in [1.165, 1.54) is 0 Å². The zero-order chi connectivity index (χ0) is 18.2. The summed E-state index contributed by atoms with van der Waals surface area (Å²) in [4.78, 5) is 23.9. The molecule has 7 heteroatoms. The number of rotatable bonds is 7. The molecule has 1 unspecified atom stereocenters. The van der Waals surface area contributed by atoms with Crippen LogP contribution in [-0.2, 0) is 9.59 Å². The quantitative estimate of drug-likeness (QED) is 0.626. The van der Waals surface area contributed by atoms with Crippen molar-refractivity contribution in [2.75, 3.05) is 11.9 Å². The van der Waals surface area contributed by atoms with E-state index in [1.54, 1.807) is 24.3 Å². The van der Waals surface area contributed by atoms with Crippen molar-refractivity contribution in [2.24, 2.45) is 5.73 Å². The number of hydrogen-bond acceptors (Lipinski definition) is 3. The van der Waals surface area contributed by atoms with Crippen molar-refractivity contribution in [1.29, 1.82) is 0 Å². The van der Waals surface area contributed by atoms with Gasteiger partial charge in [0.15, 0.2) is 0 Å². The van der Waals surface area contributed by atoms with Gasteiger partial charge in [0.25, 0.3) is 0 Å². The van der Waals surface area contributed by atoms with Gasteiger partial charge in [0.1, 0.15) is 6.04 Å². The predicted molar refractivity (Wildman–Crippen MR) is 108 cm³/mol. The second kappa shape index (κ2) is 10.8. The zero-order valence-corrected chi connectivity index (χ0v) is 16.1. The van der Waals surface area contributed by atoms with Crippen LogP contribution in [0.5, 0.6) is 0 Å². The van der Waals surface area contributed by atoms with Crippen LogP contribution in [0.15, 0.2) is 48.5 Å². The van der Waals surface area contributed by atoms with Crippen molar-refractivity contribution < 1.29 is 9.59 Å². The Balaban J connectivity index is 0.00000338. The second-order valence-corrected chi connectivity index (χ2v) is 6.27. The van der Waals surface area contributed by atoms with Crippen LogP contribution >= 0.6 is 24.0 Å². The number of anilines is 1. The lowest BCUT2D eigenvalue weighted by atomic mass is 10.1. The van der Waals surface area contributed by atoms with E-state index in [9.17, 15) is 9.59 Å². The maximum Gasteiger partial charge on any atom is 0.241 e. The van der Waals surface area contributed by atoms with Crippen LogP contribution in [0.2, 0.25) is 5.02 Å². The number of amides is 2. The average molecular weight is 396 g/mol. The van der Waals surface area contributed by atoms with Crippen LogP contribution in [-0.4, -0.2) is 18.4 Å². The van der Waals surface area contributed by atoms with E-state index in [2.05, 4.69) is 10.6 Å². The fourth-order valence-electron chi connectivity index (χ4n) is 2.25. The predicted octanol–water partition coefficient (Wildman–Crippen LogP) is 3.61. The molecule has 1 atom stereocenters. The summed E-state index contributed by atoms with van der Waals surface area (Å²) in [5.41, 5.74) is 8.52. The number of nitrogens with two attached hydrogens (primary N) is 1. The molecule has 0 radical (unpaired) electrons. The van der Waals surface area contributed by atoms with Gasteiger partial charge in [-0.05, 0) is 43.2 Å². The van der Waals surface area contributed by atoms with Crippen LogP contribution in [0, 0.1) is 6.92 Å². The van der Waals surface area contributed by atoms with Gasteiger partial charge >= 0.3 is 0 Å². The monoisotopic (exact) mass is 395 g/mol. The Morgan fingerprint density at radius 2 is 1.69 bits per heavy atom. The molecule has 2 amide bonds. The minimum Gasteiger partial charge on any atom is -0.354 e. The minimum atomic E-state index is -0.705. The normalized spacial score (nSPS) is 11.2. The summed E-state index contributed by atoms with van der Waals surface area (Å²) in [5.74, 6) is -0.360. The summed E-state index contributed by atoms with van der Waals surface area (Å²) in [6.45, 7) is 2.37. The molecule has 2 aromatic rings. The van der Waals surface area contributed by atoms with E-state index >= 15 is 0 Å². The van der Waals surface area contributed by atoms with E-state index in [0.717, 1.165) is 11.1 Å². The molecule has 0 aliphatic rings. The lowest BCUT2D eigenvalue weighted by Gasteiger charge is -2.13. The number of nitrogens with one attached hydrogen (secondary N) is 2. The minimum absolute atomic E-state index is 0. The standard InChI is InChI=1S/C19H22ClN3O2.ClH/c1-13-4-6-14(7-5-13)18(21)19(25)22-12-2-3-17(24)23-16-10-8-15(20)9-11-16;/h4-11,18H,2-3,12,21H2,1H3,(H,22,25)(H,23,24);1H. The highest BCUT2D eigenvalue weighted by atomic mass is 35.5. The lowest BCUT2D eigenvalue weighted by molar-refractivity contribution is -0.122. The molecule has 0 saturated carbocycles. The molecule has 0 bridgehead atoms. The van der Waals surface area contributed by atoms with Gasteiger partial charge in [-0.15, -0.1) is 12.4 Å². The van der Waals surface area contributed by atoms with Gasteiger partial charge in [-0.2, -0.15) is 0 Å². The fraction of sp³-hybridized carbons (Fsp3) is 0.263. The zero-order valence-electron chi connectivity index (χ0n) is 14.5. The molecular formula is C19H23Cl2N3O2. The number of hydrogen-bond donors (Lipinski definition) is 3. The van der Waals surface area contributed by atoms with Gasteiger partial charge in [0, 0.05) is 23.7 Å². The lowest BCUT2D eigenvalue weighted by Crippen LogP contribution is -2.34. The summed E-state index contributed by atoms with van der Waals surface area (Å²) < 4.78 is 0. The van der Waals surface area contributed by atoms with Crippen LogP contribution in [0.4, 0.5) is 5.69 Å². The largest absolute Gasteiger partial charge is 0.354 e. The van der Waals surface area contributed by atoms with Gasteiger partial charge in [0.2, 0.25) is 11.8 Å². The molecule has 0 aliphatic heterocycles. The van der Waals surface area contributed by atoms with Gasteiger partial charge in [-0.3, -0.25) is 9.59 Å².